The average Bonchev–Trinajstić information content (AvgIpc) is 2.44. The third-order valence-corrected chi connectivity index (χ3v) is 3.62. The summed E-state index contributed by atoms with van der Waals surface area (Å²) in [5, 5.41) is 21.4. The number of benzene rings is 2. The van der Waals surface area contributed by atoms with Crippen LogP contribution in [0.1, 0.15) is 21.5 Å². The fraction of sp³-hybridized carbons (Fsp3) is 0.125. The van der Waals surface area contributed by atoms with Crippen LogP contribution in [0.3, 0.4) is 0 Å². The van der Waals surface area contributed by atoms with Gasteiger partial charge in [-0.05, 0) is 42.3 Å². The van der Waals surface area contributed by atoms with Gasteiger partial charge < -0.3 is 15.5 Å². The molecule has 1 amide bonds. The maximum Gasteiger partial charge on any atom is 0.339 e. The molecule has 0 spiro atoms. The van der Waals surface area contributed by atoms with Gasteiger partial charge in [-0.1, -0.05) is 28.1 Å². The number of halogens is 1. The summed E-state index contributed by atoms with van der Waals surface area (Å²) in [5.41, 5.74) is 1.34. The lowest BCUT2D eigenvalue weighted by molar-refractivity contribution is -0.115. The van der Waals surface area contributed by atoms with E-state index in [-0.39, 0.29) is 23.6 Å². The SMILES string of the molecule is Cc1cc(NC(=O)Cc2ccc(Br)cc2)cc(C(=O)O)c1O. The number of nitrogens with one attached hydrogen (secondary N) is 1. The van der Waals surface area contributed by atoms with Gasteiger partial charge in [0.25, 0.3) is 0 Å². The summed E-state index contributed by atoms with van der Waals surface area (Å²) in [6.07, 6.45) is 0.176. The van der Waals surface area contributed by atoms with Crippen LogP contribution in [0.4, 0.5) is 5.69 Å². The number of anilines is 1. The van der Waals surface area contributed by atoms with E-state index in [1.165, 1.54) is 12.1 Å². The van der Waals surface area contributed by atoms with Crippen LogP contribution in [0.25, 0.3) is 0 Å². The van der Waals surface area contributed by atoms with E-state index in [0.29, 0.717) is 11.3 Å². The Kier molecular flexibility index (Phi) is 4.82. The first-order chi connectivity index (χ1) is 10.4. The number of carboxylic acid groups (broad SMARTS) is 1. The molecule has 0 atom stereocenters. The molecule has 0 aliphatic carbocycles. The van der Waals surface area contributed by atoms with Crippen molar-refractivity contribution in [1.82, 2.24) is 0 Å². The molecular weight excluding hydrogens is 350 g/mol. The summed E-state index contributed by atoms with van der Waals surface area (Å²) in [5.74, 6) is -1.80. The van der Waals surface area contributed by atoms with Crippen LogP contribution < -0.4 is 5.32 Å². The molecule has 5 nitrogen and oxygen atoms in total. The molecule has 6 heteroatoms. The molecule has 0 aliphatic heterocycles. The number of rotatable bonds is 4. The maximum atomic E-state index is 12.0. The van der Waals surface area contributed by atoms with Gasteiger partial charge >= 0.3 is 5.97 Å². The zero-order chi connectivity index (χ0) is 16.3. The highest BCUT2D eigenvalue weighted by Gasteiger charge is 2.14. The van der Waals surface area contributed by atoms with Crippen LogP contribution in [0.5, 0.6) is 5.75 Å². The first kappa shape index (κ1) is 16.0. The van der Waals surface area contributed by atoms with E-state index >= 15 is 0 Å². The minimum Gasteiger partial charge on any atom is -0.507 e. The molecule has 22 heavy (non-hydrogen) atoms. The monoisotopic (exact) mass is 363 g/mol. The molecule has 0 aromatic heterocycles. The van der Waals surface area contributed by atoms with E-state index in [1.54, 1.807) is 6.92 Å². The van der Waals surface area contributed by atoms with Crippen molar-refractivity contribution < 1.29 is 19.8 Å². The van der Waals surface area contributed by atoms with Gasteiger partial charge in [0.05, 0.1) is 6.42 Å². The molecule has 0 saturated heterocycles. The van der Waals surface area contributed by atoms with Crippen molar-refractivity contribution in [3.63, 3.8) is 0 Å². The number of aryl methyl sites for hydroxylation is 1. The second-order valence-corrected chi connectivity index (χ2v) is 5.76. The third-order valence-electron chi connectivity index (χ3n) is 3.09. The minimum atomic E-state index is -1.25. The van der Waals surface area contributed by atoms with E-state index in [4.69, 9.17) is 5.11 Å². The number of phenols is 1. The largest absolute Gasteiger partial charge is 0.507 e. The van der Waals surface area contributed by atoms with Gasteiger partial charge in [0.2, 0.25) is 5.91 Å². The highest BCUT2D eigenvalue weighted by molar-refractivity contribution is 9.10. The zero-order valence-corrected chi connectivity index (χ0v) is 13.3. The number of aromatic carboxylic acids is 1. The van der Waals surface area contributed by atoms with Crippen LogP contribution in [0.15, 0.2) is 40.9 Å². The molecule has 0 radical (unpaired) electrons. The third kappa shape index (κ3) is 3.85. The Morgan fingerprint density at radius 2 is 1.82 bits per heavy atom. The Morgan fingerprint density at radius 3 is 2.41 bits per heavy atom. The van der Waals surface area contributed by atoms with Crippen LogP contribution in [0.2, 0.25) is 0 Å². The number of hydrogen-bond acceptors (Lipinski definition) is 3. The molecule has 2 aromatic rings. The van der Waals surface area contributed by atoms with Gasteiger partial charge in [0.1, 0.15) is 11.3 Å². The Hall–Kier alpha value is -2.34. The molecule has 2 aromatic carbocycles. The molecule has 114 valence electrons. The fourth-order valence-electron chi connectivity index (χ4n) is 2.01. The standard InChI is InChI=1S/C16H14BrNO4/c1-9-6-12(8-13(15(9)20)16(21)22)18-14(19)7-10-2-4-11(17)5-3-10/h2-6,8,20H,7H2,1H3,(H,18,19)(H,21,22). The van der Waals surface area contributed by atoms with Crippen LogP contribution in [-0.2, 0) is 11.2 Å². The van der Waals surface area contributed by atoms with E-state index in [9.17, 15) is 14.7 Å². The topological polar surface area (TPSA) is 86.6 Å². The molecule has 3 N–H and O–H groups in total. The van der Waals surface area contributed by atoms with Gasteiger partial charge in [-0.3, -0.25) is 4.79 Å². The molecule has 0 unspecified atom stereocenters. The van der Waals surface area contributed by atoms with Crippen molar-refractivity contribution in [2.24, 2.45) is 0 Å². The second-order valence-electron chi connectivity index (χ2n) is 4.85. The zero-order valence-electron chi connectivity index (χ0n) is 11.8. The predicted molar refractivity (Wildman–Crippen MR) is 86.3 cm³/mol. The second kappa shape index (κ2) is 6.62. The highest BCUT2D eigenvalue weighted by Crippen LogP contribution is 2.26. The number of carbonyl (C=O) groups excluding carboxylic acids is 1. The van der Waals surface area contributed by atoms with Crippen LogP contribution in [0, 0.1) is 6.92 Å². The maximum absolute atomic E-state index is 12.0. The molecule has 2 rings (SSSR count). The summed E-state index contributed by atoms with van der Waals surface area (Å²) >= 11 is 3.32. The van der Waals surface area contributed by atoms with E-state index in [0.717, 1.165) is 10.0 Å². The number of amides is 1. The van der Waals surface area contributed by atoms with Gasteiger partial charge in [0, 0.05) is 10.2 Å². The number of carboxylic acids is 1. The lowest BCUT2D eigenvalue weighted by atomic mass is 10.1. The van der Waals surface area contributed by atoms with Crippen molar-refractivity contribution in [2.75, 3.05) is 5.32 Å². The van der Waals surface area contributed by atoms with Crippen molar-refractivity contribution in [3.05, 3.63) is 57.6 Å². The first-order valence-electron chi connectivity index (χ1n) is 6.48. The number of aromatic hydroxyl groups is 1. The van der Waals surface area contributed by atoms with Crippen LogP contribution >= 0.6 is 15.9 Å². The molecule has 0 fully saturated rings. The Bertz CT molecular complexity index is 726. The predicted octanol–water partition coefficient (Wildman–Crippen LogP) is 3.34. The summed E-state index contributed by atoms with van der Waals surface area (Å²) in [4.78, 5) is 23.1. The normalized spacial score (nSPS) is 10.3. The summed E-state index contributed by atoms with van der Waals surface area (Å²) in [7, 11) is 0. The Balaban J connectivity index is 2.14. The first-order valence-corrected chi connectivity index (χ1v) is 7.27. The van der Waals surface area contributed by atoms with Crippen molar-refractivity contribution in [2.45, 2.75) is 13.3 Å². The highest BCUT2D eigenvalue weighted by atomic mass is 79.9. The smallest absolute Gasteiger partial charge is 0.339 e. The number of carbonyl (C=O) groups is 2. The Labute approximate surface area is 135 Å². The molecule has 0 heterocycles. The summed E-state index contributed by atoms with van der Waals surface area (Å²) < 4.78 is 0.928. The lowest BCUT2D eigenvalue weighted by Gasteiger charge is -2.10. The summed E-state index contributed by atoms with van der Waals surface area (Å²) in [6, 6.07) is 10.1. The Morgan fingerprint density at radius 1 is 1.18 bits per heavy atom. The lowest BCUT2D eigenvalue weighted by Crippen LogP contribution is -2.15. The van der Waals surface area contributed by atoms with Crippen LogP contribution in [-0.4, -0.2) is 22.1 Å². The van der Waals surface area contributed by atoms with Crippen molar-refractivity contribution >= 4 is 33.5 Å². The van der Waals surface area contributed by atoms with E-state index < -0.39 is 5.97 Å². The molecule has 0 aliphatic rings. The van der Waals surface area contributed by atoms with Gasteiger partial charge in [-0.2, -0.15) is 0 Å². The quantitative estimate of drug-likeness (QED) is 0.727. The summed E-state index contributed by atoms with van der Waals surface area (Å²) in [6.45, 7) is 1.58. The van der Waals surface area contributed by atoms with E-state index in [1.807, 2.05) is 24.3 Å². The number of hydrogen-bond donors (Lipinski definition) is 3. The van der Waals surface area contributed by atoms with Crippen molar-refractivity contribution in [1.29, 1.82) is 0 Å². The van der Waals surface area contributed by atoms with E-state index in [2.05, 4.69) is 21.2 Å². The van der Waals surface area contributed by atoms with Gasteiger partial charge in [-0.15, -0.1) is 0 Å². The van der Waals surface area contributed by atoms with Gasteiger partial charge in [-0.25, -0.2) is 4.79 Å². The average molecular weight is 364 g/mol. The molecule has 0 saturated carbocycles. The molecule has 0 bridgehead atoms. The fourth-order valence-corrected chi connectivity index (χ4v) is 2.27. The molecular formula is C16H14BrNO4. The van der Waals surface area contributed by atoms with Crippen molar-refractivity contribution in [3.8, 4) is 5.75 Å². The minimum absolute atomic E-state index is 0.176. The van der Waals surface area contributed by atoms with Gasteiger partial charge in [0.15, 0.2) is 0 Å².